The van der Waals surface area contributed by atoms with E-state index in [2.05, 4.69) is 6.58 Å². The van der Waals surface area contributed by atoms with E-state index in [-0.39, 0.29) is 17.1 Å². The van der Waals surface area contributed by atoms with E-state index in [9.17, 15) is 18.3 Å². The number of hydrogen-bond acceptors (Lipinski definition) is 7. The summed E-state index contributed by atoms with van der Waals surface area (Å²) in [5, 5.41) is 10.7. The van der Waals surface area contributed by atoms with Crippen LogP contribution < -0.4 is 5.56 Å². The maximum atomic E-state index is 13.1. The van der Waals surface area contributed by atoms with E-state index in [1.807, 2.05) is 0 Å². The van der Waals surface area contributed by atoms with Crippen molar-refractivity contribution < 1.29 is 13.5 Å². The molecule has 1 aliphatic heterocycles. The minimum absolute atomic E-state index is 0.0906. The van der Waals surface area contributed by atoms with Crippen molar-refractivity contribution in [2.24, 2.45) is 0 Å². The third-order valence-corrected chi connectivity index (χ3v) is 9.30. The fraction of sp³-hybridized carbons (Fsp3) is 0.529. The van der Waals surface area contributed by atoms with Gasteiger partial charge in [-0.05, 0) is 31.2 Å². The molecule has 3 heterocycles. The molecule has 9 heteroatoms. The van der Waals surface area contributed by atoms with Crippen molar-refractivity contribution in [3.8, 4) is 0 Å². The summed E-state index contributed by atoms with van der Waals surface area (Å²) in [6, 6.07) is 0. The third kappa shape index (κ3) is 3.15. The molecule has 1 aliphatic carbocycles. The smallest absolute Gasteiger partial charge is 0.263 e. The average Bonchev–Trinajstić information content (AvgIpc) is 3.07. The zero-order chi connectivity index (χ0) is 18.5. The lowest BCUT2D eigenvalue weighted by atomic mass is 9.97. The number of rotatable bonds is 4. The number of aromatic nitrogens is 2. The highest BCUT2D eigenvalue weighted by Gasteiger charge is 2.38. The summed E-state index contributed by atoms with van der Waals surface area (Å²) < 4.78 is 25.1. The average molecular weight is 413 g/mol. The van der Waals surface area contributed by atoms with E-state index in [1.165, 1.54) is 16.6 Å². The Morgan fingerprint density at radius 1 is 1.35 bits per heavy atom. The SMILES string of the molecule is C=CCn1c(S[C@H]2CS(=O)(=O)C[C@H]2O)nc2sc3c(c2c1=O)CCCC3. The van der Waals surface area contributed by atoms with Crippen LogP contribution in [0.4, 0.5) is 0 Å². The van der Waals surface area contributed by atoms with E-state index in [0.29, 0.717) is 17.1 Å². The van der Waals surface area contributed by atoms with Crippen LogP contribution in [-0.2, 0) is 29.2 Å². The van der Waals surface area contributed by atoms with Gasteiger partial charge in [-0.25, -0.2) is 13.4 Å². The number of thiophene rings is 1. The summed E-state index contributed by atoms with van der Waals surface area (Å²) in [7, 11) is -3.25. The molecule has 26 heavy (non-hydrogen) atoms. The predicted molar refractivity (Wildman–Crippen MR) is 105 cm³/mol. The second-order valence-electron chi connectivity index (χ2n) is 6.79. The molecule has 1 saturated heterocycles. The minimum atomic E-state index is -3.25. The van der Waals surface area contributed by atoms with E-state index in [0.717, 1.165) is 36.1 Å². The van der Waals surface area contributed by atoms with Crippen molar-refractivity contribution in [3.63, 3.8) is 0 Å². The summed E-state index contributed by atoms with van der Waals surface area (Å²) >= 11 is 2.75. The zero-order valence-electron chi connectivity index (χ0n) is 14.2. The van der Waals surface area contributed by atoms with Crippen LogP contribution in [-0.4, -0.2) is 45.9 Å². The molecule has 0 unspecified atom stereocenters. The van der Waals surface area contributed by atoms with Gasteiger partial charge in [-0.1, -0.05) is 17.8 Å². The molecular weight excluding hydrogens is 392 g/mol. The third-order valence-electron chi connectivity index (χ3n) is 4.88. The Morgan fingerprint density at radius 2 is 2.12 bits per heavy atom. The first-order valence-corrected chi connectivity index (χ1v) is 12.1. The molecule has 0 amide bonds. The van der Waals surface area contributed by atoms with Crippen molar-refractivity contribution in [1.82, 2.24) is 9.55 Å². The number of nitrogens with zero attached hydrogens (tertiary/aromatic N) is 2. The Hall–Kier alpha value is -1.16. The van der Waals surface area contributed by atoms with Crippen LogP contribution in [0.25, 0.3) is 10.2 Å². The maximum absolute atomic E-state index is 13.1. The molecule has 6 nitrogen and oxygen atoms in total. The Bertz CT molecular complexity index is 1040. The van der Waals surface area contributed by atoms with E-state index < -0.39 is 21.2 Å². The van der Waals surface area contributed by atoms with Gasteiger partial charge < -0.3 is 5.11 Å². The van der Waals surface area contributed by atoms with Gasteiger partial charge in [0.25, 0.3) is 5.56 Å². The lowest BCUT2D eigenvalue weighted by Crippen LogP contribution is -2.26. The molecule has 0 saturated carbocycles. The van der Waals surface area contributed by atoms with Crippen molar-refractivity contribution >= 4 is 43.2 Å². The number of aliphatic hydroxyl groups is 1. The molecular formula is C17H20N2O4S3. The van der Waals surface area contributed by atoms with Crippen LogP contribution in [0.1, 0.15) is 23.3 Å². The molecule has 1 fully saturated rings. The van der Waals surface area contributed by atoms with E-state index >= 15 is 0 Å². The Morgan fingerprint density at radius 3 is 2.81 bits per heavy atom. The van der Waals surface area contributed by atoms with Gasteiger partial charge in [0, 0.05) is 11.4 Å². The highest BCUT2D eigenvalue weighted by atomic mass is 32.2. The number of aliphatic hydroxyl groups excluding tert-OH is 1. The zero-order valence-corrected chi connectivity index (χ0v) is 16.6. The van der Waals surface area contributed by atoms with E-state index in [1.54, 1.807) is 22.0 Å². The number of thioether (sulfide) groups is 1. The summed E-state index contributed by atoms with van der Waals surface area (Å²) in [4.78, 5) is 19.8. The number of sulfone groups is 1. The van der Waals surface area contributed by atoms with E-state index in [4.69, 9.17) is 4.98 Å². The molecule has 2 atom stereocenters. The Kier molecular flexibility index (Phi) is 4.75. The van der Waals surface area contributed by atoms with Crippen molar-refractivity contribution in [2.45, 2.75) is 48.7 Å². The van der Waals surface area contributed by atoms with Gasteiger partial charge in [0.05, 0.1) is 28.2 Å². The second kappa shape index (κ2) is 6.78. The number of allylic oxidation sites excluding steroid dienone is 1. The van der Waals surface area contributed by atoms with Gasteiger partial charge >= 0.3 is 0 Å². The van der Waals surface area contributed by atoms with Crippen LogP contribution in [0.3, 0.4) is 0 Å². The molecule has 0 radical (unpaired) electrons. The van der Waals surface area contributed by atoms with Crippen LogP contribution in [0.15, 0.2) is 22.6 Å². The van der Waals surface area contributed by atoms with Crippen molar-refractivity contribution in [1.29, 1.82) is 0 Å². The highest BCUT2D eigenvalue weighted by molar-refractivity contribution is 8.01. The fourth-order valence-corrected chi connectivity index (χ4v) is 8.53. The summed E-state index contributed by atoms with van der Waals surface area (Å²) in [5.41, 5.74) is 1.04. The van der Waals surface area contributed by atoms with Gasteiger partial charge in [0.15, 0.2) is 15.0 Å². The van der Waals surface area contributed by atoms with Crippen molar-refractivity contribution in [2.75, 3.05) is 11.5 Å². The molecule has 4 rings (SSSR count). The molecule has 2 aliphatic rings. The Balaban J connectivity index is 1.82. The van der Waals surface area contributed by atoms with Crippen LogP contribution >= 0.6 is 23.1 Å². The minimum Gasteiger partial charge on any atom is -0.391 e. The standard InChI is InChI=1S/C17H20N2O4S3/c1-2-7-19-16(21)14-10-5-3-4-6-12(10)24-15(14)18-17(19)25-13-9-26(22,23)8-11(13)20/h2,11,13,20H,1,3-9H2/t11-,13+/m1/s1. The lowest BCUT2D eigenvalue weighted by Gasteiger charge is -2.16. The van der Waals surface area contributed by atoms with Crippen molar-refractivity contribution in [3.05, 3.63) is 33.4 Å². The number of aryl methyl sites for hydroxylation is 2. The predicted octanol–water partition coefficient (Wildman–Crippen LogP) is 1.77. The summed E-state index contributed by atoms with van der Waals surface area (Å²) in [6.45, 7) is 4.03. The highest BCUT2D eigenvalue weighted by Crippen LogP contribution is 2.36. The number of hydrogen-bond donors (Lipinski definition) is 1. The molecule has 0 bridgehead atoms. The molecule has 2 aromatic rings. The monoisotopic (exact) mass is 412 g/mol. The topological polar surface area (TPSA) is 89.3 Å². The second-order valence-corrected chi connectivity index (χ2v) is 11.2. The molecule has 140 valence electrons. The number of fused-ring (bicyclic) bond motifs is 3. The van der Waals surface area contributed by atoms with Gasteiger partial charge in [-0.15, -0.1) is 17.9 Å². The first-order valence-electron chi connectivity index (χ1n) is 8.61. The summed E-state index contributed by atoms with van der Waals surface area (Å²) in [6.07, 6.45) is 4.81. The largest absolute Gasteiger partial charge is 0.391 e. The first kappa shape index (κ1) is 18.2. The molecule has 0 spiro atoms. The quantitative estimate of drug-likeness (QED) is 0.608. The molecule has 2 aromatic heterocycles. The maximum Gasteiger partial charge on any atom is 0.263 e. The van der Waals surface area contributed by atoms with Gasteiger partial charge in [-0.2, -0.15) is 0 Å². The van der Waals surface area contributed by atoms with Gasteiger partial charge in [0.1, 0.15) is 4.83 Å². The normalized spacial score (nSPS) is 24.7. The lowest BCUT2D eigenvalue weighted by molar-refractivity contribution is 0.207. The molecule has 0 aromatic carbocycles. The van der Waals surface area contributed by atoms with Gasteiger partial charge in [0.2, 0.25) is 0 Å². The van der Waals surface area contributed by atoms with Crippen LogP contribution in [0.2, 0.25) is 0 Å². The summed E-state index contributed by atoms with van der Waals surface area (Å²) in [5.74, 6) is -0.326. The van der Waals surface area contributed by atoms with Crippen LogP contribution in [0, 0.1) is 0 Å². The molecule has 1 N–H and O–H groups in total. The fourth-order valence-electron chi connectivity index (χ4n) is 3.64. The first-order chi connectivity index (χ1) is 12.4. The van der Waals surface area contributed by atoms with Gasteiger partial charge in [-0.3, -0.25) is 9.36 Å². The Labute approximate surface area is 159 Å². The van der Waals surface area contributed by atoms with Crippen LogP contribution in [0.5, 0.6) is 0 Å².